The Kier molecular flexibility index (Phi) is 24.1. The number of rotatable bonds is 28. The Morgan fingerprint density at radius 3 is 1.56 bits per heavy atom. The van der Waals surface area contributed by atoms with Gasteiger partial charge in [0.25, 0.3) is 0 Å². The zero-order valence-electron chi connectivity index (χ0n) is 32.7. The Labute approximate surface area is 319 Å². The summed E-state index contributed by atoms with van der Waals surface area (Å²) in [5, 5.41) is 0. The van der Waals surface area contributed by atoms with E-state index in [0.29, 0.717) is 0 Å². The first kappa shape index (κ1) is 43.9. The van der Waals surface area contributed by atoms with Crippen LogP contribution < -0.4 is 0 Å². The summed E-state index contributed by atoms with van der Waals surface area (Å²) in [6, 6.07) is 17.9. The average Bonchev–Trinajstić information content (AvgIpc) is 3.40. The van der Waals surface area contributed by atoms with Gasteiger partial charge in [-0.25, -0.2) is 4.70 Å². The van der Waals surface area contributed by atoms with Gasteiger partial charge in [-0.05, 0) is 86.8 Å². The molecule has 3 rings (SSSR count). The third kappa shape index (κ3) is 15.6. The van der Waals surface area contributed by atoms with Crippen LogP contribution in [0.1, 0.15) is 198 Å². The molecule has 0 radical (unpaired) electrons. The molecule has 0 amide bonds. The van der Waals surface area contributed by atoms with Gasteiger partial charge >= 0.3 is 0 Å². The summed E-state index contributed by atoms with van der Waals surface area (Å²) in [4.78, 5) is 0. The van der Waals surface area contributed by atoms with E-state index in [1.54, 1.807) is 0 Å². The minimum absolute atomic E-state index is 0. The predicted octanol–water partition coefficient (Wildman–Crippen LogP) is 15.5. The number of hydrogen-bond acceptors (Lipinski definition) is 0. The Bertz CT molecular complexity index is 1300. The number of benzene rings is 2. The molecule has 1 aliphatic rings. The van der Waals surface area contributed by atoms with Crippen LogP contribution in [-0.4, -0.2) is 4.70 Å². The molecule has 0 aliphatic carbocycles. The van der Waals surface area contributed by atoms with E-state index < -0.39 is 0 Å². The van der Waals surface area contributed by atoms with Gasteiger partial charge in [-0.2, -0.15) is 0 Å². The molecule has 3 heteroatoms. The first-order chi connectivity index (χ1) is 24.1. The Balaban J connectivity index is 0.00000867. The summed E-state index contributed by atoms with van der Waals surface area (Å²) in [5.41, 5.74) is 21.4. The SMILES string of the molecule is CCCCCCCCCCCCCCCCCC=CC1=C(c2ccc(CCCC)cc2)[N+](=[N-])C(c2cccc(CCCC)c2)=C1CCCC.[Ni]. The molecule has 0 spiro atoms. The third-order valence-electron chi connectivity index (χ3n) is 10.4. The van der Waals surface area contributed by atoms with Crippen molar-refractivity contribution in [3.8, 4) is 0 Å². The Morgan fingerprint density at radius 1 is 0.500 bits per heavy atom. The molecule has 0 fully saturated rings. The molecule has 0 unspecified atom stereocenters. The van der Waals surface area contributed by atoms with E-state index in [4.69, 9.17) is 0 Å². The van der Waals surface area contributed by atoms with Gasteiger partial charge in [-0.15, -0.1) is 0 Å². The van der Waals surface area contributed by atoms with Crippen LogP contribution in [0, 0.1) is 0 Å². The zero-order chi connectivity index (χ0) is 34.9. The second-order valence-electron chi connectivity index (χ2n) is 14.7. The smallest absolute Gasteiger partial charge is 0.215 e. The minimum Gasteiger partial charge on any atom is -0.493 e. The average molecular weight is 724 g/mol. The van der Waals surface area contributed by atoms with Gasteiger partial charge in [0, 0.05) is 33.2 Å². The van der Waals surface area contributed by atoms with Crippen molar-refractivity contribution < 1.29 is 21.2 Å². The van der Waals surface area contributed by atoms with Crippen LogP contribution in [0.25, 0.3) is 16.9 Å². The van der Waals surface area contributed by atoms with Gasteiger partial charge in [0.1, 0.15) is 0 Å². The van der Waals surface area contributed by atoms with Crippen molar-refractivity contribution in [2.24, 2.45) is 0 Å². The molecule has 1 aliphatic heterocycles. The molecule has 0 bridgehead atoms. The maximum Gasteiger partial charge on any atom is 0.215 e. The van der Waals surface area contributed by atoms with Crippen LogP contribution >= 0.6 is 0 Å². The molecule has 2 nitrogen and oxygen atoms in total. The summed E-state index contributed by atoms with van der Waals surface area (Å²) in [5.74, 6) is 0. The van der Waals surface area contributed by atoms with Gasteiger partial charge < -0.3 is 5.53 Å². The molecule has 0 saturated carbocycles. The molecule has 2 aromatic carbocycles. The molecule has 1 heterocycles. The Morgan fingerprint density at radius 2 is 1.00 bits per heavy atom. The number of hydrogen-bond donors (Lipinski definition) is 0. The van der Waals surface area contributed by atoms with E-state index in [1.165, 1.54) is 149 Å². The molecular formula is C47H72N2Ni. The number of allylic oxidation sites excluding steroid dienone is 4. The Hall–Kier alpha value is -2.25. The summed E-state index contributed by atoms with van der Waals surface area (Å²) in [7, 11) is 0. The van der Waals surface area contributed by atoms with Crippen molar-refractivity contribution in [2.75, 3.05) is 0 Å². The van der Waals surface area contributed by atoms with Crippen LogP contribution in [0.15, 0.2) is 71.8 Å². The van der Waals surface area contributed by atoms with Crippen molar-refractivity contribution in [2.45, 2.75) is 188 Å². The van der Waals surface area contributed by atoms with E-state index in [0.717, 1.165) is 61.0 Å². The molecule has 0 atom stereocenters. The first-order valence-electron chi connectivity index (χ1n) is 21.0. The van der Waals surface area contributed by atoms with Crippen molar-refractivity contribution >= 4 is 11.4 Å². The van der Waals surface area contributed by atoms with Gasteiger partial charge in [-0.1, -0.05) is 173 Å². The number of unbranched alkanes of at least 4 members (excludes halogenated alkanes) is 18. The molecular weight excluding hydrogens is 651 g/mol. The number of aryl methyl sites for hydroxylation is 2. The van der Waals surface area contributed by atoms with Crippen LogP contribution in [-0.2, 0) is 29.3 Å². The molecule has 280 valence electrons. The fourth-order valence-electron chi connectivity index (χ4n) is 7.28. The standard InChI is InChI=1S/C47H72N2.Ni/c1-5-9-13-14-15-16-17-18-19-20-21-22-23-24-25-26-27-34-45-44(33-12-8-4)47(43-32-28-31-41(39-43)30-11-7-3)49(48)46(45)42-37-35-40(36-38-42)29-10-6-2;/h27-28,31-32,34-39H,5-26,29-30,33H2,1-4H3;. The van der Waals surface area contributed by atoms with Crippen LogP contribution in [0.3, 0.4) is 0 Å². The van der Waals surface area contributed by atoms with E-state index in [2.05, 4.69) is 88.4 Å². The maximum absolute atomic E-state index is 12.0. The predicted molar refractivity (Wildman–Crippen MR) is 216 cm³/mol. The van der Waals surface area contributed by atoms with Crippen LogP contribution in [0.2, 0.25) is 0 Å². The van der Waals surface area contributed by atoms with Crippen LogP contribution in [0.4, 0.5) is 0 Å². The van der Waals surface area contributed by atoms with Crippen LogP contribution in [0.5, 0.6) is 0 Å². The summed E-state index contributed by atoms with van der Waals surface area (Å²) in [6.07, 6.45) is 37.0. The van der Waals surface area contributed by atoms with E-state index in [1.807, 2.05) is 0 Å². The van der Waals surface area contributed by atoms with E-state index in [9.17, 15) is 5.53 Å². The fraction of sp³-hybridized carbons (Fsp3) is 0.617. The normalized spacial score (nSPS) is 13.2. The van der Waals surface area contributed by atoms with Crippen molar-refractivity contribution in [3.05, 3.63) is 99.6 Å². The first-order valence-corrected chi connectivity index (χ1v) is 21.0. The molecule has 2 aromatic rings. The molecule has 0 aromatic heterocycles. The zero-order valence-corrected chi connectivity index (χ0v) is 33.6. The van der Waals surface area contributed by atoms with Gasteiger partial charge in [0.15, 0.2) is 0 Å². The second-order valence-corrected chi connectivity index (χ2v) is 14.7. The molecule has 0 N–H and O–H groups in total. The minimum atomic E-state index is 0. The van der Waals surface area contributed by atoms with Gasteiger partial charge in [-0.3, -0.25) is 0 Å². The van der Waals surface area contributed by atoms with Crippen molar-refractivity contribution in [3.63, 3.8) is 0 Å². The quantitative estimate of drug-likeness (QED) is 0.0475. The van der Waals surface area contributed by atoms with E-state index in [-0.39, 0.29) is 16.5 Å². The van der Waals surface area contributed by atoms with E-state index >= 15 is 0 Å². The monoisotopic (exact) mass is 723 g/mol. The summed E-state index contributed by atoms with van der Waals surface area (Å²) >= 11 is 0. The van der Waals surface area contributed by atoms with Gasteiger partial charge in [0.2, 0.25) is 11.4 Å². The van der Waals surface area contributed by atoms with Crippen molar-refractivity contribution in [1.29, 1.82) is 0 Å². The maximum atomic E-state index is 12.0. The molecule has 50 heavy (non-hydrogen) atoms. The largest absolute Gasteiger partial charge is 0.493 e. The number of nitrogens with zero attached hydrogens (tertiary/aromatic N) is 2. The molecule has 0 saturated heterocycles. The second kappa shape index (κ2) is 27.4. The summed E-state index contributed by atoms with van der Waals surface area (Å²) < 4.78 is 1.53. The summed E-state index contributed by atoms with van der Waals surface area (Å²) in [6.45, 7) is 9.07. The third-order valence-corrected chi connectivity index (χ3v) is 10.4. The topological polar surface area (TPSA) is 25.3 Å². The van der Waals surface area contributed by atoms with Gasteiger partial charge in [0.05, 0.1) is 5.57 Å². The fourth-order valence-corrected chi connectivity index (χ4v) is 7.28. The van der Waals surface area contributed by atoms with Crippen molar-refractivity contribution in [1.82, 2.24) is 0 Å².